The molecule has 0 aromatic carbocycles. The first kappa shape index (κ1) is 44.3. The maximum Gasteiger partial charge on any atom is 0.188 e. The number of aliphatic imine (C=N–C) groups is 1. The van der Waals surface area contributed by atoms with Crippen LogP contribution in [0, 0.1) is 5.41 Å². The Bertz CT molecular complexity index is 1240. The molecule has 312 valence electrons. The number of aldehydes is 1. The maximum absolute atomic E-state index is 12.4. The topological polar surface area (TPSA) is 376 Å². The van der Waals surface area contributed by atoms with Crippen molar-refractivity contribution in [3.05, 3.63) is 0 Å². The second-order valence-electron chi connectivity index (χ2n) is 14.0. The number of rotatable bonds is 20. The lowest BCUT2D eigenvalue weighted by molar-refractivity contribution is -0.325. The van der Waals surface area contributed by atoms with Crippen molar-refractivity contribution in [2.75, 3.05) is 53.2 Å². The highest BCUT2D eigenvalue weighted by molar-refractivity contribution is 5.76. The smallest absolute Gasteiger partial charge is 0.188 e. The van der Waals surface area contributed by atoms with Gasteiger partial charge in [0.2, 0.25) is 0 Å². The third-order valence-electron chi connectivity index (χ3n) is 9.88. The minimum Gasteiger partial charge on any atom is -0.394 e. The summed E-state index contributed by atoms with van der Waals surface area (Å²) in [5.41, 5.74) is 13.9. The molecule has 4 aliphatic rings. The van der Waals surface area contributed by atoms with Crippen molar-refractivity contribution in [2.45, 2.75) is 123 Å². The van der Waals surface area contributed by atoms with E-state index < -0.39 is 116 Å². The van der Waals surface area contributed by atoms with Crippen LogP contribution in [0.5, 0.6) is 0 Å². The van der Waals surface area contributed by atoms with Gasteiger partial charge in [-0.2, -0.15) is 0 Å². The average Bonchev–Trinajstić information content (AvgIpc) is 3.91. The van der Waals surface area contributed by atoms with Crippen LogP contribution in [0.2, 0.25) is 0 Å². The molecule has 3 heterocycles. The fourth-order valence-electron chi connectivity index (χ4n) is 6.79. The van der Waals surface area contributed by atoms with Crippen LogP contribution in [-0.2, 0) is 38.0 Å². The summed E-state index contributed by atoms with van der Waals surface area (Å²) >= 11 is 0. The lowest BCUT2D eigenvalue weighted by Crippen LogP contribution is -2.70. The third kappa shape index (κ3) is 10.7. The van der Waals surface area contributed by atoms with Crippen molar-refractivity contribution in [2.24, 2.45) is 22.2 Å². The maximum atomic E-state index is 12.4. The van der Waals surface area contributed by atoms with Crippen LogP contribution in [0.3, 0.4) is 0 Å². The van der Waals surface area contributed by atoms with Crippen molar-refractivity contribution >= 4 is 18.2 Å². The summed E-state index contributed by atoms with van der Waals surface area (Å²) in [6, 6.07) is -4.31. The molecule has 0 aromatic heterocycles. The van der Waals surface area contributed by atoms with Gasteiger partial charge in [-0.1, -0.05) is 0 Å². The van der Waals surface area contributed by atoms with E-state index in [0.717, 1.165) is 6.42 Å². The number of carbonyl (C=O) groups excluding carboxylic acids is 1. The Morgan fingerprint density at radius 1 is 1.02 bits per heavy atom. The number of aliphatic hydroxyl groups is 8. The third-order valence-corrected chi connectivity index (χ3v) is 9.88. The van der Waals surface area contributed by atoms with Gasteiger partial charge in [-0.3, -0.25) is 15.1 Å². The van der Waals surface area contributed by atoms with Gasteiger partial charge < -0.3 is 96.5 Å². The quantitative estimate of drug-likeness (QED) is 0.0179. The summed E-state index contributed by atoms with van der Waals surface area (Å²) in [4.78, 5) is 17.6. The highest BCUT2D eigenvalue weighted by Gasteiger charge is 2.61. The Labute approximate surface area is 311 Å². The van der Waals surface area contributed by atoms with E-state index >= 15 is 0 Å². The van der Waals surface area contributed by atoms with E-state index in [4.69, 9.17) is 55.8 Å². The molecule has 1 saturated carbocycles. The predicted molar refractivity (Wildman–Crippen MR) is 182 cm³/mol. The summed E-state index contributed by atoms with van der Waals surface area (Å²) < 4.78 is 39.9. The van der Waals surface area contributed by atoms with Gasteiger partial charge in [0, 0.05) is 19.8 Å². The van der Waals surface area contributed by atoms with Gasteiger partial charge in [0.25, 0.3) is 0 Å². The van der Waals surface area contributed by atoms with E-state index in [0.29, 0.717) is 32.8 Å². The van der Waals surface area contributed by atoms with Crippen LogP contribution in [0.15, 0.2) is 4.99 Å². The van der Waals surface area contributed by atoms with Gasteiger partial charge >= 0.3 is 0 Å². The number of hydrogen-bond acceptors (Lipinski definition) is 19. The minimum absolute atomic E-state index is 0.0894. The molecule has 4 fully saturated rings. The van der Waals surface area contributed by atoms with Crippen molar-refractivity contribution in [3.8, 4) is 0 Å². The lowest BCUT2D eigenvalue weighted by atomic mass is 9.81. The molecule has 2 unspecified atom stereocenters. The van der Waals surface area contributed by atoms with Crippen LogP contribution >= 0.6 is 0 Å². The van der Waals surface area contributed by atoms with Crippen LogP contribution in [0.4, 0.5) is 0 Å². The van der Waals surface area contributed by atoms with E-state index in [9.17, 15) is 45.6 Å². The molecule has 0 aromatic rings. The largest absolute Gasteiger partial charge is 0.394 e. The zero-order chi connectivity index (χ0) is 39.9. The fourth-order valence-corrected chi connectivity index (χ4v) is 6.79. The Balaban J connectivity index is 1.50. The standard InChI is InChI=1S/C31H57N7O16/c1-13-31(47,12-40)26(28(51-13)53-25-18(37-30(34)35)21(43)17(36-29(32)33)22(44)24(25)46)54-27-19(23(45)20(42)16(8-39)52-27)38(2)7-14(41)9-48-5-3-4-6-49-10-15-11-50-15/h12-28,39,41-47H,3-11H2,1-2H3,(H4,32,33,36)(H4,34,35,37)/t13-,14?,15?,16-,17+,18-,19-,20-,21+,22-,23-,24+,25+,26-,27-,28-,31+/m0/s1. The van der Waals surface area contributed by atoms with Crippen molar-refractivity contribution in [1.29, 1.82) is 5.41 Å². The molecular weight excluding hydrogens is 726 g/mol. The Morgan fingerprint density at radius 3 is 2.28 bits per heavy atom. The van der Waals surface area contributed by atoms with E-state index in [1.165, 1.54) is 18.9 Å². The molecule has 23 heteroatoms. The van der Waals surface area contributed by atoms with E-state index in [1.54, 1.807) is 0 Å². The molecule has 16 N–H and O–H groups in total. The zero-order valence-corrected chi connectivity index (χ0v) is 30.1. The van der Waals surface area contributed by atoms with Crippen molar-refractivity contribution in [1.82, 2.24) is 10.2 Å². The summed E-state index contributed by atoms with van der Waals surface area (Å²) in [7, 11) is 1.48. The summed E-state index contributed by atoms with van der Waals surface area (Å²) in [5, 5.41) is 97.5. The van der Waals surface area contributed by atoms with Crippen LogP contribution < -0.4 is 22.5 Å². The zero-order valence-electron chi connectivity index (χ0n) is 30.1. The van der Waals surface area contributed by atoms with Gasteiger partial charge in [-0.15, -0.1) is 0 Å². The summed E-state index contributed by atoms with van der Waals surface area (Å²) in [5.74, 6) is -1.21. The number of nitrogens with zero attached hydrogens (tertiary/aromatic N) is 2. The monoisotopic (exact) mass is 783 g/mol. The van der Waals surface area contributed by atoms with Gasteiger partial charge in [-0.05, 0) is 26.8 Å². The number of epoxide rings is 1. The number of likely N-dealkylation sites (N-methyl/N-ethyl adjacent to an activating group) is 1. The summed E-state index contributed by atoms with van der Waals surface area (Å²) in [6.45, 7) is 2.44. The number of aliphatic hydroxyl groups excluding tert-OH is 7. The number of nitrogens with one attached hydrogen (secondary N) is 2. The molecule has 3 aliphatic heterocycles. The Hall–Kier alpha value is -2.43. The Kier molecular flexibility index (Phi) is 16.1. The fraction of sp³-hybridized carbons (Fsp3) is 0.903. The first-order valence-corrected chi connectivity index (χ1v) is 17.7. The molecular formula is C31H57N7O16. The lowest BCUT2D eigenvalue weighted by Gasteiger charge is -2.48. The first-order valence-electron chi connectivity index (χ1n) is 17.7. The molecule has 0 bridgehead atoms. The summed E-state index contributed by atoms with van der Waals surface area (Å²) in [6.07, 6.45) is -17.9. The second-order valence-corrected chi connectivity index (χ2v) is 14.0. The van der Waals surface area contributed by atoms with E-state index in [-0.39, 0.29) is 25.5 Å². The predicted octanol–water partition coefficient (Wildman–Crippen LogP) is -7.67. The van der Waals surface area contributed by atoms with E-state index in [2.05, 4.69) is 10.3 Å². The van der Waals surface area contributed by atoms with E-state index in [1.807, 2.05) is 0 Å². The van der Waals surface area contributed by atoms with Gasteiger partial charge in [0.05, 0.1) is 50.7 Å². The average molecular weight is 784 g/mol. The van der Waals surface area contributed by atoms with Crippen LogP contribution in [0.25, 0.3) is 0 Å². The highest BCUT2D eigenvalue weighted by atomic mass is 16.8. The number of nitrogens with two attached hydrogens (primary N) is 3. The SMILES string of the molecule is C[C@@H]1O[C@@H](O[C@H]2[C@H](O)[C@@H](O)[C@H](N=C(N)N)[C@@H](O)[C@@H]2NC(=N)N)[C@H](O[C@@H]2O[C@@H](CO)[C@H](O)[C@@H](O)[C@@H]2N(C)CC(O)COCCCCOCC2CO2)[C@@]1(O)C=O. The molecule has 0 radical (unpaired) electrons. The normalized spacial score (nSPS) is 41.4. The van der Waals surface area contributed by atoms with Gasteiger partial charge in [0.15, 0.2) is 36.4 Å². The number of carbonyl (C=O) groups is 1. The second kappa shape index (κ2) is 19.6. The molecule has 54 heavy (non-hydrogen) atoms. The Morgan fingerprint density at radius 2 is 1.69 bits per heavy atom. The van der Waals surface area contributed by atoms with Gasteiger partial charge in [0.1, 0.15) is 61.0 Å². The minimum atomic E-state index is -2.49. The number of guanidine groups is 2. The highest BCUT2D eigenvalue weighted by Crippen LogP contribution is 2.38. The molecule has 4 rings (SSSR count). The molecule has 0 amide bonds. The number of hydrogen-bond donors (Lipinski definition) is 13. The number of unbranched alkanes of at least 4 members (excludes halogenated alkanes) is 1. The first-order chi connectivity index (χ1) is 25.5. The molecule has 0 spiro atoms. The van der Waals surface area contributed by atoms with Crippen molar-refractivity contribution in [3.63, 3.8) is 0 Å². The van der Waals surface area contributed by atoms with Gasteiger partial charge in [-0.25, -0.2) is 4.99 Å². The molecule has 17 atom stereocenters. The molecule has 3 saturated heterocycles. The molecule has 23 nitrogen and oxygen atoms in total. The molecule has 1 aliphatic carbocycles. The van der Waals surface area contributed by atoms with Crippen LogP contribution in [-0.4, -0.2) is 221 Å². The van der Waals surface area contributed by atoms with Crippen LogP contribution in [0.1, 0.15) is 19.8 Å². The van der Waals surface area contributed by atoms with Crippen molar-refractivity contribution < 1.29 is 78.8 Å². The number of ether oxygens (including phenoxy) is 7.